The number of ether oxygens (including phenoxy) is 1. The maximum atomic E-state index is 12.1. The minimum Gasteiger partial charge on any atom is -0.494 e. The first-order valence-electron chi connectivity index (χ1n) is 6.55. The number of aromatic nitrogens is 3. The van der Waals surface area contributed by atoms with E-state index in [9.17, 15) is 9.90 Å². The summed E-state index contributed by atoms with van der Waals surface area (Å²) in [6.45, 7) is 2.32. The van der Waals surface area contributed by atoms with Crippen LogP contribution < -0.4 is 5.56 Å². The third-order valence-electron chi connectivity index (χ3n) is 3.00. The van der Waals surface area contributed by atoms with Crippen LogP contribution in [0, 0.1) is 4.77 Å². The summed E-state index contributed by atoms with van der Waals surface area (Å²) in [7, 11) is 1.54. The van der Waals surface area contributed by atoms with Crippen molar-refractivity contribution in [1.82, 2.24) is 14.5 Å². The summed E-state index contributed by atoms with van der Waals surface area (Å²) in [6.07, 6.45) is 3.19. The highest BCUT2D eigenvalue weighted by molar-refractivity contribution is 7.71. The lowest BCUT2D eigenvalue weighted by atomic mass is 10.2. The second-order valence-corrected chi connectivity index (χ2v) is 4.90. The van der Waals surface area contributed by atoms with Gasteiger partial charge in [-0.1, -0.05) is 0 Å². The molecule has 2 rings (SSSR count). The fraction of sp³-hybridized carbons (Fsp3) is 0.286. The molecule has 0 fully saturated rings. The van der Waals surface area contributed by atoms with Gasteiger partial charge in [-0.05, 0) is 31.3 Å². The quantitative estimate of drug-likeness (QED) is 0.647. The number of pyridine rings is 1. The number of methoxy groups -OCH3 is 1. The van der Waals surface area contributed by atoms with Crippen LogP contribution in [0.1, 0.15) is 12.5 Å². The van der Waals surface area contributed by atoms with Crippen LogP contribution in [-0.4, -0.2) is 39.1 Å². The van der Waals surface area contributed by atoms with Gasteiger partial charge in [0.25, 0.3) is 5.56 Å². The molecule has 2 heterocycles. The van der Waals surface area contributed by atoms with Gasteiger partial charge >= 0.3 is 0 Å². The Hall–Kier alpha value is -2.32. The summed E-state index contributed by atoms with van der Waals surface area (Å²) in [5.74, 6) is -0.226. The van der Waals surface area contributed by atoms with Crippen molar-refractivity contribution in [2.75, 3.05) is 13.7 Å². The van der Waals surface area contributed by atoms with Crippen molar-refractivity contribution in [3.63, 3.8) is 0 Å². The van der Waals surface area contributed by atoms with E-state index in [0.717, 1.165) is 0 Å². The maximum absolute atomic E-state index is 12.1. The number of hydrogen-bond donors (Lipinski definition) is 2. The lowest BCUT2D eigenvalue weighted by Gasteiger charge is -2.12. The Morgan fingerprint density at radius 1 is 1.59 bits per heavy atom. The third-order valence-corrected chi connectivity index (χ3v) is 3.32. The first kappa shape index (κ1) is 16.1. The van der Waals surface area contributed by atoms with Crippen LogP contribution in [0.2, 0.25) is 0 Å². The van der Waals surface area contributed by atoms with Gasteiger partial charge < -0.3 is 9.84 Å². The molecule has 0 unspecified atom stereocenters. The maximum Gasteiger partial charge on any atom is 0.264 e. The summed E-state index contributed by atoms with van der Waals surface area (Å²) in [6, 6.07) is 3.49. The van der Waals surface area contributed by atoms with E-state index >= 15 is 0 Å². The molecule has 0 atom stereocenters. The average molecular weight is 320 g/mol. The van der Waals surface area contributed by atoms with E-state index in [1.54, 1.807) is 38.6 Å². The molecule has 0 aliphatic carbocycles. The predicted molar refractivity (Wildman–Crippen MR) is 85.5 cm³/mol. The van der Waals surface area contributed by atoms with Crippen molar-refractivity contribution < 1.29 is 9.84 Å². The highest BCUT2D eigenvalue weighted by Crippen LogP contribution is 2.17. The van der Waals surface area contributed by atoms with Gasteiger partial charge in [-0.25, -0.2) is 0 Å². The predicted octanol–water partition coefficient (Wildman–Crippen LogP) is 1.79. The van der Waals surface area contributed by atoms with Crippen molar-refractivity contribution in [1.29, 1.82) is 0 Å². The van der Waals surface area contributed by atoms with E-state index in [2.05, 4.69) is 15.0 Å². The Kier molecular flexibility index (Phi) is 5.18. The molecule has 2 N–H and O–H groups in total. The molecule has 0 saturated carbocycles. The number of aliphatic imine (C=N–C) groups is 1. The van der Waals surface area contributed by atoms with Crippen LogP contribution >= 0.6 is 12.2 Å². The summed E-state index contributed by atoms with van der Waals surface area (Å²) >= 11 is 5.06. The largest absolute Gasteiger partial charge is 0.494 e. The third kappa shape index (κ3) is 3.46. The number of nitrogens with zero attached hydrogens (tertiary/aromatic N) is 3. The van der Waals surface area contributed by atoms with Crippen LogP contribution in [0.5, 0.6) is 5.88 Å². The monoisotopic (exact) mass is 320 g/mol. The van der Waals surface area contributed by atoms with Crippen molar-refractivity contribution in [2.24, 2.45) is 4.99 Å². The Morgan fingerprint density at radius 2 is 2.36 bits per heavy atom. The van der Waals surface area contributed by atoms with Crippen LogP contribution in [0.4, 0.5) is 5.69 Å². The van der Waals surface area contributed by atoms with Gasteiger partial charge in [0.1, 0.15) is 5.56 Å². The van der Waals surface area contributed by atoms with Crippen LogP contribution in [0.25, 0.3) is 0 Å². The van der Waals surface area contributed by atoms with Gasteiger partial charge in [-0.3, -0.25) is 24.3 Å². The van der Waals surface area contributed by atoms with Crippen molar-refractivity contribution in [2.45, 2.75) is 13.5 Å². The van der Waals surface area contributed by atoms with Gasteiger partial charge in [0.2, 0.25) is 5.88 Å². The van der Waals surface area contributed by atoms with Crippen LogP contribution in [0.3, 0.4) is 0 Å². The second kappa shape index (κ2) is 7.10. The zero-order valence-corrected chi connectivity index (χ0v) is 13.1. The summed E-state index contributed by atoms with van der Waals surface area (Å²) in [5.41, 5.74) is 0.549. The second-order valence-electron chi connectivity index (χ2n) is 4.51. The molecular formula is C14H16N4O3S. The fourth-order valence-electron chi connectivity index (χ4n) is 1.95. The fourth-order valence-corrected chi connectivity index (χ4v) is 2.22. The number of aromatic hydroxyl groups is 1. The van der Waals surface area contributed by atoms with Crippen molar-refractivity contribution >= 4 is 23.6 Å². The van der Waals surface area contributed by atoms with Crippen molar-refractivity contribution in [3.8, 4) is 5.88 Å². The highest BCUT2D eigenvalue weighted by atomic mass is 32.1. The molecule has 0 aromatic carbocycles. The van der Waals surface area contributed by atoms with E-state index in [1.807, 2.05) is 0 Å². The number of H-pyrrole nitrogens is 1. The number of rotatable bonds is 5. The molecule has 116 valence electrons. The zero-order chi connectivity index (χ0) is 16.1. The molecule has 0 aliphatic heterocycles. The molecule has 0 radical (unpaired) electrons. The first-order chi connectivity index (χ1) is 10.5. The number of nitrogens with one attached hydrogen (secondary N) is 1. The Bertz CT molecular complexity index is 796. The molecule has 0 saturated heterocycles. The molecule has 22 heavy (non-hydrogen) atoms. The highest BCUT2D eigenvalue weighted by Gasteiger charge is 2.15. The van der Waals surface area contributed by atoms with Gasteiger partial charge in [-0.15, -0.1) is 0 Å². The summed E-state index contributed by atoms with van der Waals surface area (Å²) < 4.78 is 6.51. The molecule has 0 bridgehead atoms. The van der Waals surface area contributed by atoms with Gasteiger partial charge in [-0.2, -0.15) is 0 Å². The molecule has 0 spiro atoms. The van der Waals surface area contributed by atoms with Gasteiger partial charge in [0, 0.05) is 13.3 Å². The standard InChI is InChI=1S/C14H16N4O3S/c1-9(16-10-4-3-5-15-8-10)11-12(19)17-14(22)18(13(11)20)6-7-21-2/h3-5,8,20H,6-7H2,1-2H3,(H,17,19,22). The van der Waals surface area contributed by atoms with E-state index < -0.39 is 5.56 Å². The normalized spacial score (nSPS) is 11.6. The van der Waals surface area contributed by atoms with Crippen LogP contribution in [-0.2, 0) is 11.3 Å². The molecule has 2 aromatic rings. The molecule has 0 aliphatic rings. The van der Waals surface area contributed by atoms with E-state index in [4.69, 9.17) is 17.0 Å². The molecule has 8 heteroatoms. The van der Waals surface area contributed by atoms with E-state index in [0.29, 0.717) is 24.6 Å². The smallest absolute Gasteiger partial charge is 0.264 e. The van der Waals surface area contributed by atoms with Crippen molar-refractivity contribution in [3.05, 3.63) is 45.2 Å². The molecular weight excluding hydrogens is 304 g/mol. The van der Waals surface area contributed by atoms with Gasteiger partial charge in [0.05, 0.1) is 30.7 Å². The topological polar surface area (TPSA) is 92.5 Å². The first-order valence-corrected chi connectivity index (χ1v) is 6.96. The summed E-state index contributed by atoms with van der Waals surface area (Å²) in [4.78, 5) is 22.9. The van der Waals surface area contributed by atoms with Gasteiger partial charge in [0.15, 0.2) is 4.77 Å². The number of aromatic amines is 1. The Labute approximate surface area is 132 Å². The lowest BCUT2D eigenvalue weighted by Crippen LogP contribution is -2.22. The average Bonchev–Trinajstić information content (AvgIpc) is 2.47. The Morgan fingerprint density at radius 3 is 3.00 bits per heavy atom. The molecule has 0 amide bonds. The molecule has 7 nitrogen and oxygen atoms in total. The zero-order valence-electron chi connectivity index (χ0n) is 12.2. The van der Waals surface area contributed by atoms with Crippen LogP contribution in [0.15, 0.2) is 34.3 Å². The minimum atomic E-state index is -0.485. The summed E-state index contributed by atoms with van der Waals surface area (Å²) in [5, 5.41) is 10.3. The van der Waals surface area contributed by atoms with E-state index in [1.165, 1.54) is 4.57 Å². The minimum absolute atomic E-state index is 0.0774. The van der Waals surface area contributed by atoms with E-state index in [-0.39, 0.29) is 16.2 Å². The number of hydrogen-bond acceptors (Lipinski definition) is 6. The lowest BCUT2D eigenvalue weighted by molar-refractivity contribution is 0.182. The molecule has 2 aromatic heterocycles. The SMILES string of the molecule is COCCn1c(O)c(C(C)=Nc2cccnc2)c(=O)[nH]c1=S. The Balaban J connectivity index is 2.53.